The standard InChI is InChI=1S/C11H11N5O2/c12-11(13)9-3-1-2-8(4-9)6-15-7-10(5-14-15)16(17)18/h1-5,7H,6H2,(H3,12,13). The van der Waals surface area contributed by atoms with E-state index in [1.165, 1.54) is 17.1 Å². The number of nitrogen functional groups attached to an aromatic ring is 1. The van der Waals surface area contributed by atoms with Crippen LogP contribution < -0.4 is 5.73 Å². The Kier molecular flexibility index (Phi) is 3.05. The van der Waals surface area contributed by atoms with Gasteiger partial charge in [-0.15, -0.1) is 0 Å². The van der Waals surface area contributed by atoms with Crippen LogP contribution >= 0.6 is 0 Å². The largest absolute Gasteiger partial charge is 0.384 e. The van der Waals surface area contributed by atoms with Crippen molar-refractivity contribution in [1.82, 2.24) is 9.78 Å². The van der Waals surface area contributed by atoms with Crippen LogP contribution in [0.25, 0.3) is 0 Å². The van der Waals surface area contributed by atoms with E-state index in [4.69, 9.17) is 11.1 Å². The van der Waals surface area contributed by atoms with Crippen molar-refractivity contribution in [3.63, 3.8) is 0 Å². The molecule has 7 nitrogen and oxygen atoms in total. The maximum Gasteiger partial charge on any atom is 0.307 e. The lowest BCUT2D eigenvalue weighted by molar-refractivity contribution is -0.385. The van der Waals surface area contributed by atoms with Gasteiger partial charge in [0.15, 0.2) is 0 Å². The Balaban J connectivity index is 2.20. The number of benzene rings is 1. The third kappa shape index (κ3) is 2.51. The SMILES string of the molecule is N=C(N)c1cccc(Cn2cc([N+](=O)[O-])cn2)c1. The van der Waals surface area contributed by atoms with Crippen LogP contribution in [0.1, 0.15) is 11.1 Å². The molecule has 0 spiro atoms. The molecule has 1 aromatic heterocycles. The number of nitrogens with two attached hydrogens (primary N) is 1. The zero-order chi connectivity index (χ0) is 13.1. The first-order valence-electron chi connectivity index (χ1n) is 5.16. The van der Waals surface area contributed by atoms with E-state index in [0.29, 0.717) is 12.1 Å². The highest BCUT2D eigenvalue weighted by molar-refractivity contribution is 5.95. The van der Waals surface area contributed by atoms with Crippen molar-refractivity contribution in [3.05, 3.63) is 57.9 Å². The molecule has 2 rings (SSSR count). The minimum atomic E-state index is -0.491. The van der Waals surface area contributed by atoms with E-state index in [-0.39, 0.29) is 11.5 Å². The molecule has 0 saturated heterocycles. The molecule has 0 unspecified atom stereocenters. The molecule has 0 aliphatic rings. The van der Waals surface area contributed by atoms with Crippen LogP contribution in [0, 0.1) is 15.5 Å². The zero-order valence-electron chi connectivity index (χ0n) is 9.41. The van der Waals surface area contributed by atoms with E-state index in [2.05, 4.69) is 5.10 Å². The third-order valence-corrected chi connectivity index (χ3v) is 2.41. The lowest BCUT2D eigenvalue weighted by Gasteiger charge is -2.03. The van der Waals surface area contributed by atoms with Crippen LogP contribution in [-0.4, -0.2) is 20.5 Å². The van der Waals surface area contributed by atoms with Crippen LogP contribution in [0.5, 0.6) is 0 Å². The summed E-state index contributed by atoms with van der Waals surface area (Å²) >= 11 is 0. The second-order valence-electron chi connectivity index (χ2n) is 3.77. The van der Waals surface area contributed by atoms with Gasteiger partial charge in [0.2, 0.25) is 0 Å². The lowest BCUT2D eigenvalue weighted by atomic mass is 10.1. The van der Waals surface area contributed by atoms with Crippen LogP contribution in [0.2, 0.25) is 0 Å². The maximum atomic E-state index is 10.5. The maximum absolute atomic E-state index is 10.5. The van der Waals surface area contributed by atoms with Crippen molar-refractivity contribution in [2.45, 2.75) is 6.54 Å². The highest BCUT2D eigenvalue weighted by Gasteiger charge is 2.09. The highest BCUT2D eigenvalue weighted by Crippen LogP contribution is 2.11. The summed E-state index contributed by atoms with van der Waals surface area (Å²) in [6.45, 7) is 0.398. The number of nitrogens with zero attached hydrogens (tertiary/aromatic N) is 3. The Bertz CT molecular complexity index is 605. The van der Waals surface area contributed by atoms with E-state index in [0.717, 1.165) is 5.56 Å². The van der Waals surface area contributed by atoms with E-state index in [9.17, 15) is 10.1 Å². The van der Waals surface area contributed by atoms with Crippen molar-refractivity contribution in [1.29, 1.82) is 5.41 Å². The van der Waals surface area contributed by atoms with Crippen LogP contribution in [0.4, 0.5) is 5.69 Å². The van der Waals surface area contributed by atoms with Gasteiger partial charge in [0.25, 0.3) is 0 Å². The number of rotatable bonds is 4. The number of nitro groups is 1. The highest BCUT2D eigenvalue weighted by atomic mass is 16.6. The minimum absolute atomic E-state index is 0.0108. The Labute approximate surface area is 103 Å². The van der Waals surface area contributed by atoms with Gasteiger partial charge in [0.05, 0.1) is 11.5 Å². The van der Waals surface area contributed by atoms with Crippen molar-refractivity contribution >= 4 is 11.5 Å². The van der Waals surface area contributed by atoms with Gasteiger partial charge in [-0.2, -0.15) is 5.10 Å². The molecule has 92 valence electrons. The fourth-order valence-corrected chi connectivity index (χ4v) is 1.56. The summed E-state index contributed by atoms with van der Waals surface area (Å²) in [4.78, 5) is 10.0. The summed E-state index contributed by atoms with van der Waals surface area (Å²) in [5, 5.41) is 21.8. The third-order valence-electron chi connectivity index (χ3n) is 2.41. The van der Waals surface area contributed by atoms with Crippen LogP contribution in [-0.2, 0) is 6.54 Å². The second-order valence-corrected chi connectivity index (χ2v) is 3.77. The molecule has 0 saturated carbocycles. The summed E-state index contributed by atoms with van der Waals surface area (Å²) < 4.78 is 1.47. The molecule has 0 aliphatic carbocycles. The monoisotopic (exact) mass is 245 g/mol. The lowest BCUT2D eigenvalue weighted by Crippen LogP contribution is -2.11. The van der Waals surface area contributed by atoms with E-state index in [1.54, 1.807) is 18.2 Å². The molecular formula is C11H11N5O2. The molecule has 0 aliphatic heterocycles. The number of aromatic nitrogens is 2. The Hall–Kier alpha value is -2.70. The quantitative estimate of drug-likeness (QED) is 0.364. The van der Waals surface area contributed by atoms with Gasteiger partial charge < -0.3 is 5.73 Å². The summed E-state index contributed by atoms with van der Waals surface area (Å²) in [5.74, 6) is -0.0108. The number of hydrogen-bond donors (Lipinski definition) is 2. The van der Waals surface area contributed by atoms with Crippen molar-refractivity contribution in [3.8, 4) is 0 Å². The molecule has 7 heteroatoms. The molecule has 3 N–H and O–H groups in total. The molecule has 0 atom stereocenters. The van der Waals surface area contributed by atoms with Gasteiger partial charge >= 0.3 is 5.69 Å². The predicted molar refractivity (Wildman–Crippen MR) is 65.4 cm³/mol. The Morgan fingerprint density at radius 2 is 2.33 bits per heavy atom. The van der Waals surface area contributed by atoms with Gasteiger partial charge in [-0.3, -0.25) is 20.2 Å². The van der Waals surface area contributed by atoms with Gasteiger partial charge in [-0.05, 0) is 11.6 Å². The van der Waals surface area contributed by atoms with Gasteiger partial charge in [-0.1, -0.05) is 18.2 Å². The Morgan fingerprint density at radius 3 is 2.94 bits per heavy atom. The normalized spacial score (nSPS) is 10.2. The number of amidine groups is 1. The smallest absolute Gasteiger partial charge is 0.307 e. The van der Waals surface area contributed by atoms with Gasteiger partial charge in [0.1, 0.15) is 18.2 Å². The topological polar surface area (TPSA) is 111 Å². The molecule has 0 bridgehead atoms. The molecule has 0 fully saturated rings. The first kappa shape index (κ1) is 11.8. The molecule has 1 heterocycles. The van der Waals surface area contributed by atoms with E-state index < -0.39 is 4.92 Å². The van der Waals surface area contributed by atoms with E-state index in [1.807, 2.05) is 6.07 Å². The average molecular weight is 245 g/mol. The number of hydrogen-bond acceptors (Lipinski definition) is 4. The molecule has 1 aromatic carbocycles. The first-order valence-corrected chi connectivity index (χ1v) is 5.16. The second kappa shape index (κ2) is 4.66. The van der Waals surface area contributed by atoms with Crippen molar-refractivity contribution < 1.29 is 4.92 Å². The van der Waals surface area contributed by atoms with Crippen molar-refractivity contribution in [2.75, 3.05) is 0 Å². The molecule has 18 heavy (non-hydrogen) atoms. The fraction of sp³-hybridized carbons (Fsp3) is 0.0909. The molecule has 2 aromatic rings. The fourth-order valence-electron chi connectivity index (χ4n) is 1.56. The van der Waals surface area contributed by atoms with Crippen LogP contribution in [0.15, 0.2) is 36.7 Å². The van der Waals surface area contributed by atoms with Crippen LogP contribution in [0.3, 0.4) is 0 Å². The minimum Gasteiger partial charge on any atom is -0.384 e. The summed E-state index contributed by atoms with van der Waals surface area (Å²) in [5.41, 5.74) is 6.84. The predicted octanol–water partition coefficient (Wildman–Crippen LogP) is 1.12. The zero-order valence-corrected chi connectivity index (χ0v) is 9.41. The summed E-state index contributed by atoms with van der Waals surface area (Å²) in [6.07, 6.45) is 2.56. The molecule has 0 radical (unpaired) electrons. The van der Waals surface area contributed by atoms with Gasteiger partial charge in [-0.25, -0.2) is 0 Å². The summed E-state index contributed by atoms with van der Waals surface area (Å²) in [7, 11) is 0. The molecule has 0 amide bonds. The van der Waals surface area contributed by atoms with Crippen molar-refractivity contribution in [2.24, 2.45) is 5.73 Å². The average Bonchev–Trinajstić information content (AvgIpc) is 2.78. The molecular weight excluding hydrogens is 234 g/mol. The van der Waals surface area contributed by atoms with Gasteiger partial charge in [0, 0.05) is 5.56 Å². The summed E-state index contributed by atoms with van der Waals surface area (Å²) in [6, 6.07) is 7.12. The number of nitrogens with one attached hydrogen (secondary N) is 1. The first-order chi connectivity index (χ1) is 8.56. The Morgan fingerprint density at radius 1 is 1.56 bits per heavy atom. The van der Waals surface area contributed by atoms with E-state index >= 15 is 0 Å².